The SMILES string of the molecule is CC(=N)c1ccc(OCCCCN(C(=O)OC(C)(C)C)C(=NC(=O)OC(C)(C)C)N(CCCCCCCBr)C(=O)OC(C)(C)C)cc1. The molecule has 0 aliphatic heterocycles. The summed E-state index contributed by atoms with van der Waals surface area (Å²) < 4.78 is 22.9. The third-order valence-corrected chi connectivity index (χ3v) is 6.70. The van der Waals surface area contributed by atoms with Gasteiger partial charge in [-0.2, -0.15) is 0 Å². The minimum absolute atomic E-state index is 0.0797. The zero-order valence-corrected chi connectivity index (χ0v) is 31.8. The molecule has 0 spiro atoms. The van der Waals surface area contributed by atoms with Crippen molar-refractivity contribution >= 4 is 45.9 Å². The lowest BCUT2D eigenvalue weighted by Crippen LogP contribution is -2.53. The number of nitrogens with zero attached hydrogens (tertiary/aromatic N) is 3. The number of carbonyl (C=O) groups is 3. The summed E-state index contributed by atoms with van der Waals surface area (Å²) in [5.41, 5.74) is -1.27. The van der Waals surface area contributed by atoms with Gasteiger partial charge in [0.25, 0.3) is 0 Å². The third kappa shape index (κ3) is 18.7. The summed E-state index contributed by atoms with van der Waals surface area (Å²) >= 11 is 3.46. The lowest BCUT2D eigenvalue weighted by Gasteiger charge is -2.34. The Morgan fingerprint density at radius 1 is 0.702 bits per heavy atom. The summed E-state index contributed by atoms with van der Waals surface area (Å²) in [4.78, 5) is 47.2. The highest BCUT2D eigenvalue weighted by Crippen LogP contribution is 2.19. The highest BCUT2D eigenvalue weighted by atomic mass is 79.9. The summed E-state index contributed by atoms with van der Waals surface area (Å²) in [6.45, 7) is 17.9. The lowest BCUT2D eigenvalue weighted by molar-refractivity contribution is 0.0271. The Labute approximate surface area is 290 Å². The van der Waals surface area contributed by atoms with E-state index in [1.807, 2.05) is 24.3 Å². The Balaban J connectivity index is 3.41. The number of nitrogens with one attached hydrogen (secondary N) is 1. The van der Waals surface area contributed by atoms with Crippen LogP contribution in [0, 0.1) is 5.41 Å². The Kier molecular flexibility index (Phi) is 17.5. The molecule has 0 atom stereocenters. The number of rotatable bonds is 14. The van der Waals surface area contributed by atoms with E-state index < -0.39 is 35.1 Å². The molecular formula is C35H57BrN4O7. The van der Waals surface area contributed by atoms with Crippen molar-refractivity contribution in [1.29, 1.82) is 5.41 Å². The van der Waals surface area contributed by atoms with E-state index in [2.05, 4.69) is 20.9 Å². The zero-order chi connectivity index (χ0) is 35.8. The molecular weight excluding hydrogens is 668 g/mol. The van der Waals surface area contributed by atoms with Gasteiger partial charge in [-0.1, -0.05) is 35.2 Å². The largest absolute Gasteiger partial charge is 0.494 e. The molecule has 0 saturated carbocycles. The molecule has 11 nitrogen and oxygen atoms in total. The molecule has 1 aromatic carbocycles. The number of guanidine groups is 1. The van der Waals surface area contributed by atoms with Gasteiger partial charge in [-0.25, -0.2) is 24.2 Å². The van der Waals surface area contributed by atoms with Crippen LogP contribution in [0.25, 0.3) is 0 Å². The summed E-state index contributed by atoms with van der Waals surface area (Å²) in [6.07, 6.45) is 3.02. The fourth-order valence-electron chi connectivity index (χ4n) is 4.07. The molecule has 1 rings (SSSR count). The predicted octanol–water partition coefficient (Wildman–Crippen LogP) is 9.34. The number of aliphatic imine (C=N–C) groups is 1. The number of halogens is 1. The number of alkyl halides is 1. The van der Waals surface area contributed by atoms with Crippen molar-refractivity contribution in [3.8, 4) is 5.75 Å². The molecule has 0 bridgehead atoms. The molecule has 1 N–H and O–H groups in total. The molecule has 47 heavy (non-hydrogen) atoms. The molecule has 0 radical (unpaired) electrons. The van der Waals surface area contributed by atoms with E-state index in [1.54, 1.807) is 69.2 Å². The Morgan fingerprint density at radius 2 is 1.15 bits per heavy atom. The van der Waals surface area contributed by atoms with Gasteiger partial charge in [0.2, 0.25) is 5.96 Å². The first-order valence-corrected chi connectivity index (χ1v) is 17.5. The van der Waals surface area contributed by atoms with Gasteiger partial charge in [0.05, 0.1) is 6.61 Å². The quantitative estimate of drug-likeness (QED) is 0.0665. The maximum atomic E-state index is 13.7. The van der Waals surface area contributed by atoms with Crippen molar-refractivity contribution in [1.82, 2.24) is 9.80 Å². The number of benzene rings is 1. The molecule has 0 saturated heterocycles. The van der Waals surface area contributed by atoms with E-state index in [0.29, 0.717) is 37.3 Å². The maximum Gasteiger partial charge on any atom is 0.437 e. The summed E-state index contributed by atoms with van der Waals surface area (Å²) in [7, 11) is 0. The smallest absolute Gasteiger partial charge is 0.437 e. The highest BCUT2D eigenvalue weighted by Gasteiger charge is 2.35. The summed E-state index contributed by atoms with van der Waals surface area (Å²) in [5.74, 6) is 0.458. The molecule has 0 aromatic heterocycles. The van der Waals surface area contributed by atoms with Gasteiger partial charge >= 0.3 is 18.3 Å². The minimum atomic E-state index is -0.945. The van der Waals surface area contributed by atoms with Crippen LogP contribution < -0.4 is 4.74 Å². The molecule has 0 aliphatic carbocycles. The standard InChI is InChI=1S/C35H57BrN4O7/c1-26(37)27-18-20-28(21-19-27)44-25-17-16-24-40(32(43)47-35(8,9)10)29(38-30(41)45-33(2,3)4)39(31(42)46-34(5,6)7)23-15-13-11-12-14-22-36/h18-21,37H,11-17,22-25H2,1-10H3. The van der Waals surface area contributed by atoms with Gasteiger partial charge < -0.3 is 24.4 Å². The van der Waals surface area contributed by atoms with Gasteiger partial charge in [0, 0.05) is 24.1 Å². The van der Waals surface area contributed by atoms with Crippen molar-refractivity contribution in [3.63, 3.8) is 0 Å². The number of ether oxygens (including phenoxy) is 4. The van der Waals surface area contributed by atoms with E-state index in [4.69, 9.17) is 24.4 Å². The van der Waals surface area contributed by atoms with Crippen molar-refractivity contribution in [3.05, 3.63) is 29.8 Å². The van der Waals surface area contributed by atoms with Crippen LogP contribution in [-0.4, -0.2) is 81.6 Å². The van der Waals surface area contributed by atoms with Crippen molar-refractivity contribution in [2.24, 2.45) is 4.99 Å². The first-order valence-electron chi connectivity index (χ1n) is 16.4. The third-order valence-electron chi connectivity index (χ3n) is 6.14. The van der Waals surface area contributed by atoms with Crippen LogP contribution in [0.5, 0.6) is 5.75 Å². The van der Waals surface area contributed by atoms with Gasteiger partial charge in [0.1, 0.15) is 22.6 Å². The van der Waals surface area contributed by atoms with Crippen molar-refractivity contribution < 1.29 is 33.3 Å². The summed E-state index contributed by atoms with van der Waals surface area (Å²) in [6, 6.07) is 7.28. The normalized spacial score (nSPS) is 12.3. The number of unbranched alkanes of at least 4 members (excludes halogenated alkanes) is 5. The fourth-order valence-corrected chi connectivity index (χ4v) is 4.47. The minimum Gasteiger partial charge on any atom is -0.494 e. The van der Waals surface area contributed by atoms with Crippen LogP contribution in [-0.2, 0) is 14.2 Å². The van der Waals surface area contributed by atoms with Crippen LogP contribution >= 0.6 is 15.9 Å². The van der Waals surface area contributed by atoms with Gasteiger partial charge in [-0.05, 0) is 125 Å². The first-order chi connectivity index (χ1) is 21.7. The monoisotopic (exact) mass is 724 g/mol. The Bertz CT molecular complexity index is 1180. The molecule has 0 aliphatic rings. The van der Waals surface area contributed by atoms with E-state index in [0.717, 1.165) is 36.6 Å². The number of amides is 3. The average molecular weight is 726 g/mol. The Hall–Kier alpha value is -3.15. The molecule has 3 amide bonds. The topological polar surface area (TPSA) is 131 Å². The number of hydrogen-bond acceptors (Lipinski definition) is 8. The highest BCUT2D eigenvalue weighted by molar-refractivity contribution is 9.09. The summed E-state index contributed by atoms with van der Waals surface area (Å²) in [5, 5.41) is 8.69. The first kappa shape index (κ1) is 41.9. The predicted molar refractivity (Wildman–Crippen MR) is 190 cm³/mol. The Morgan fingerprint density at radius 3 is 1.60 bits per heavy atom. The van der Waals surface area contributed by atoms with Crippen molar-refractivity contribution in [2.75, 3.05) is 25.0 Å². The second-order valence-corrected chi connectivity index (χ2v) is 15.1. The van der Waals surface area contributed by atoms with Crippen molar-refractivity contribution in [2.45, 2.75) is 131 Å². The van der Waals surface area contributed by atoms with E-state index in [1.165, 1.54) is 9.80 Å². The van der Waals surface area contributed by atoms with E-state index in [9.17, 15) is 14.4 Å². The van der Waals surface area contributed by atoms with Gasteiger partial charge in [-0.15, -0.1) is 4.99 Å². The van der Waals surface area contributed by atoms with Crippen LogP contribution in [0.15, 0.2) is 29.3 Å². The van der Waals surface area contributed by atoms with Gasteiger partial charge in [0.15, 0.2) is 0 Å². The van der Waals surface area contributed by atoms with E-state index >= 15 is 0 Å². The second kappa shape index (κ2) is 19.6. The molecule has 0 fully saturated rings. The number of carbonyl (C=O) groups excluding carboxylic acids is 3. The van der Waals surface area contributed by atoms with Crippen LogP contribution in [0.2, 0.25) is 0 Å². The van der Waals surface area contributed by atoms with Gasteiger partial charge in [-0.3, -0.25) is 0 Å². The molecule has 266 valence electrons. The van der Waals surface area contributed by atoms with E-state index in [-0.39, 0.29) is 19.0 Å². The zero-order valence-electron chi connectivity index (χ0n) is 30.2. The van der Waals surface area contributed by atoms with Crippen LogP contribution in [0.3, 0.4) is 0 Å². The maximum absolute atomic E-state index is 13.7. The fraction of sp³-hybridized carbons (Fsp3) is 0.686. The molecule has 0 unspecified atom stereocenters. The molecule has 12 heteroatoms. The second-order valence-electron chi connectivity index (χ2n) is 14.3. The average Bonchev–Trinajstić information content (AvgIpc) is 2.91. The lowest BCUT2D eigenvalue weighted by atomic mass is 10.1. The van der Waals surface area contributed by atoms with Crippen LogP contribution in [0.4, 0.5) is 14.4 Å². The van der Waals surface area contributed by atoms with Crippen LogP contribution in [0.1, 0.15) is 120 Å². The number of hydrogen-bond donors (Lipinski definition) is 1. The molecule has 1 aromatic rings. The molecule has 0 heterocycles.